The van der Waals surface area contributed by atoms with Gasteiger partial charge in [-0.1, -0.05) is 15.9 Å². The first kappa shape index (κ1) is 15.3. The van der Waals surface area contributed by atoms with E-state index in [9.17, 15) is 4.79 Å². The molecule has 1 saturated heterocycles. The molecule has 1 aliphatic heterocycles. The van der Waals surface area contributed by atoms with Crippen LogP contribution >= 0.6 is 15.9 Å². The Morgan fingerprint density at radius 1 is 1.60 bits per heavy atom. The fourth-order valence-electron chi connectivity index (χ4n) is 2.25. The smallest absolute Gasteiger partial charge is 0.239 e. The van der Waals surface area contributed by atoms with Crippen LogP contribution in [-0.2, 0) is 16.1 Å². The number of morpholine rings is 1. The Labute approximate surface area is 127 Å². The minimum Gasteiger partial charge on any atom is -0.497 e. The third-order valence-electron chi connectivity index (χ3n) is 3.41. The van der Waals surface area contributed by atoms with Crippen molar-refractivity contribution in [1.29, 1.82) is 0 Å². The number of hydrogen-bond acceptors (Lipinski definition) is 4. The second-order valence-corrected chi connectivity index (χ2v) is 5.49. The Hall–Kier alpha value is -1.11. The highest BCUT2D eigenvalue weighted by Crippen LogP contribution is 2.25. The number of carbonyl (C=O) groups is 1. The lowest BCUT2D eigenvalue weighted by Crippen LogP contribution is -2.52. The summed E-state index contributed by atoms with van der Waals surface area (Å²) in [6.07, 6.45) is 0. The van der Waals surface area contributed by atoms with Crippen LogP contribution in [0.25, 0.3) is 0 Å². The van der Waals surface area contributed by atoms with E-state index >= 15 is 0 Å². The van der Waals surface area contributed by atoms with Crippen molar-refractivity contribution in [2.75, 3.05) is 33.9 Å². The highest BCUT2D eigenvalue weighted by molar-refractivity contribution is 9.10. The first-order valence-corrected chi connectivity index (χ1v) is 7.30. The molecule has 1 fully saturated rings. The van der Waals surface area contributed by atoms with Gasteiger partial charge in [0.1, 0.15) is 11.8 Å². The molecule has 0 aliphatic carbocycles. The average Bonchev–Trinajstić information content (AvgIpc) is 2.49. The van der Waals surface area contributed by atoms with E-state index in [2.05, 4.69) is 26.1 Å². The van der Waals surface area contributed by atoms with Crippen molar-refractivity contribution in [3.8, 4) is 5.75 Å². The first-order chi connectivity index (χ1) is 9.65. The van der Waals surface area contributed by atoms with E-state index in [-0.39, 0.29) is 11.9 Å². The molecule has 0 radical (unpaired) electrons. The van der Waals surface area contributed by atoms with Crippen molar-refractivity contribution < 1.29 is 14.3 Å². The number of hydrogen-bond donors (Lipinski definition) is 1. The van der Waals surface area contributed by atoms with Crippen LogP contribution in [0.4, 0.5) is 0 Å². The highest BCUT2D eigenvalue weighted by atomic mass is 79.9. The van der Waals surface area contributed by atoms with Crippen molar-refractivity contribution >= 4 is 21.8 Å². The molecule has 1 heterocycles. The molecule has 0 saturated carbocycles. The van der Waals surface area contributed by atoms with Crippen LogP contribution in [-0.4, -0.2) is 50.8 Å². The lowest BCUT2D eigenvalue weighted by atomic mass is 10.1. The zero-order valence-corrected chi connectivity index (χ0v) is 13.3. The lowest BCUT2D eigenvalue weighted by Gasteiger charge is -2.34. The first-order valence-electron chi connectivity index (χ1n) is 6.51. The Morgan fingerprint density at radius 2 is 2.40 bits per heavy atom. The van der Waals surface area contributed by atoms with Gasteiger partial charge in [0.25, 0.3) is 0 Å². The van der Waals surface area contributed by atoms with E-state index in [1.807, 2.05) is 18.2 Å². The lowest BCUT2D eigenvalue weighted by molar-refractivity contribution is -0.132. The highest BCUT2D eigenvalue weighted by Gasteiger charge is 2.29. The van der Waals surface area contributed by atoms with Crippen molar-refractivity contribution in [3.05, 3.63) is 28.2 Å². The molecule has 1 aliphatic rings. The number of benzene rings is 1. The van der Waals surface area contributed by atoms with E-state index in [0.29, 0.717) is 19.8 Å². The summed E-state index contributed by atoms with van der Waals surface area (Å²) in [4.78, 5) is 14.0. The topological polar surface area (TPSA) is 50.8 Å². The molecule has 0 aromatic heterocycles. The van der Waals surface area contributed by atoms with Crippen LogP contribution in [0.5, 0.6) is 5.75 Å². The monoisotopic (exact) mass is 342 g/mol. The summed E-state index contributed by atoms with van der Waals surface area (Å²) in [7, 11) is 3.30. The van der Waals surface area contributed by atoms with E-state index in [4.69, 9.17) is 9.47 Å². The van der Waals surface area contributed by atoms with Crippen LogP contribution < -0.4 is 10.1 Å². The van der Waals surface area contributed by atoms with E-state index in [1.54, 1.807) is 14.2 Å². The summed E-state index contributed by atoms with van der Waals surface area (Å²) >= 11 is 3.55. The van der Waals surface area contributed by atoms with Gasteiger partial charge in [0, 0.05) is 24.6 Å². The number of nitrogens with zero attached hydrogens (tertiary/aromatic N) is 1. The number of ether oxygens (including phenoxy) is 2. The maximum Gasteiger partial charge on any atom is 0.239 e. The predicted molar refractivity (Wildman–Crippen MR) is 79.8 cm³/mol. The fraction of sp³-hybridized carbons (Fsp3) is 0.500. The molecule has 1 aromatic rings. The molecule has 6 heteroatoms. The van der Waals surface area contributed by atoms with Gasteiger partial charge in [-0.3, -0.25) is 9.69 Å². The molecule has 110 valence electrons. The van der Waals surface area contributed by atoms with Gasteiger partial charge in [-0.2, -0.15) is 0 Å². The molecule has 1 N–H and O–H groups in total. The number of rotatable bonds is 4. The van der Waals surface area contributed by atoms with Crippen LogP contribution in [0.1, 0.15) is 5.56 Å². The number of carbonyl (C=O) groups excluding carboxylic acids is 1. The van der Waals surface area contributed by atoms with Gasteiger partial charge in [0.15, 0.2) is 0 Å². The zero-order valence-electron chi connectivity index (χ0n) is 11.7. The van der Waals surface area contributed by atoms with Crippen molar-refractivity contribution in [2.24, 2.45) is 0 Å². The Kier molecular flexibility index (Phi) is 5.39. The zero-order chi connectivity index (χ0) is 14.5. The maximum atomic E-state index is 11.9. The van der Waals surface area contributed by atoms with E-state index in [1.165, 1.54) is 0 Å². The summed E-state index contributed by atoms with van der Waals surface area (Å²) < 4.78 is 11.7. The molecule has 5 nitrogen and oxygen atoms in total. The molecule has 20 heavy (non-hydrogen) atoms. The normalized spacial score (nSPS) is 19.6. The summed E-state index contributed by atoms with van der Waals surface area (Å²) in [6.45, 7) is 2.50. The standard InChI is InChI=1S/C14H19BrN2O3/c1-16-14(18)13-9-20-6-5-17(13)8-10-7-11(19-2)3-4-12(10)15/h3-4,7,13H,5-6,8-9H2,1-2H3,(H,16,18). The van der Waals surface area contributed by atoms with Crippen LogP contribution in [0.3, 0.4) is 0 Å². The second-order valence-electron chi connectivity index (χ2n) is 4.63. The third kappa shape index (κ3) is 3.50. The van der Waals surface area contributed by atoms with Crippen molar-refractivity contribution in [3.63, 3.8) is 0 Å². The number of nitrogens with one attached hydrogen (secondary N) is 1. The quantitative estimate of drug-likeness (QED) is 0.898. The molecule has 0 bridgehead atoms. The molecule has 1 unspecified atom stereocenters. The van der Waals surface area contributed by atoms with Gasteiger partial charge in [0.05, 0.1) is 20.3 Å². The molecule has 2 rings (SSSR count). The van der Waals surface area contributed by atoms with Gasteiger partial charge in [0.2, 0.25) is 5.91 Å². The van der Waals surface area contributed by atoms with Crippen LogP contribution in [0.2, 0.25) is 0 Å². The Morgan fingerprint density at radius 3 is 3.10 bits per heavy atom. The number of amides is 1. The SMILES string of the molecule is CNC(=O)C1COCCN1Cc1cc(OC)ccc1Br. The van der Waals surface area contributed by atoms with E-state index in [0.717, 1.165) is 22.3 Å². The summed E-state index contributed by atoms with van der Waals surface area (Å²) in [5, 5.41) is 2.69. The maximum absolute atomic E-state index is 11.9. The minimum atomic E-state index is -0.244. The largest absolute Gasteiger partial charge is 0.497 e. The second kappa shape index (κ2) is 7.06. The number of halogens is 1. The van der Waals surface area contributed by atoms with Crippen molar-refractivity contribution in [2.45, 2.75) is 12.6 Å². The van der Waals surface area contributed by atoms with Crippen LogP contribution in [0, 0.1) is 0 Å². The Balaban J connectivity index is 2.16. The van der Waals surface area contributed by atoms with E-state index < -0.39 is 0 Å². The number of methoxy groups -OCH3 is 1. The minimum absolute atomic E-state index is 0.0104. The van der Waals surface area contributed by atoms with Gasteiger partial charge in [-0.15, -0.1) is 0 Å². The molecule has 0 spiro atoms. The Bertz CT molecular complexity index is 481. The average molecular weight is 343 g/mol. The summed E-state index contributed by atoms with van der Waals surface area (Å²) in [5.74, 6) is 0.802. The molecular formula is C14H19BrN2O3. The van der Waals surface area contributed by atoms with Crippen LogP contribution in [0.15, 0.2) is 22.7 Å². The molecule has 1 amide bonds. The van der Waals surface area contributed by atoms with Gasteiger partial charge >= 0.3 is 0 Å². The van der Waals surface area contributed by atoms with Crippen molar-refractivity contribution in [1.82, 2.24) is 10.2 Å². The van der Waals surface area contributed by atoms with Gasteiger partial charge in [-0.25, -0.2) is 0 Å². The third-order valence-corrected chi connectivity index (χ3v) is 4.19. The molecule has 1 aromatic carbocycles. The van der Waals surface area contributed by atoms with Gasteiger partial charge < -0.3 is 14.8 Å². The predicted octanol–water partition coefficient (Wildman–Crippen LogP) is 1.40. The summed E-state index contributed by atoms with van der Waals surface area (Å²) in [6, 6.07) is 5.61. The van der Waals surface area contributed by atoms with Gasteiger partial charge in [-0.05, 0) is 23.8 Å². The molecular weight excluding hydrogens is 324 g/mol. The molecule has 1 atom stereocenters. The number of likely N-dealkylation sites (N-methyl/N-ethyl adjacent to an activating group) is 1. The fourth-order valence-corrected chi connectivity index (χ4v) is 2.63. The summed E-state index contributed by atoms with van der Waals surface area (Å²) in [5.41, 5.74) is 1.10.